The summed E-state index contributed by atoms with van der Waals surface area (Å²) in [6.07, 6.45) is 1.65. The Morgan fingerprint density at radius 3 is 2.53 bits per heavy atom. The van der Waals surface area contributed by atoms with Gasteiger partial charge in [0.15, 0.2) is 0 Å². The molecular weight excluding hydrogens is 214 g/mol. The molecule has 0 amide bonds. The van der Waals surface area contributed by atoms with Gasteiger partial charge in [0.1, 0.15) is 5.76 Å². The second-order valence-electron chi connectivity index (χ2n) is 4.16. The number of anilines is 1. The van der Waals surface area contributed by atoms with Crippen LogP contribution < -0.4 is 5.32 Å². The summed E-state index contributed by atoms with van der Waals surface area (Å²) in [5.41, 5.74) is 1.02. The molecule has 0 saturated heterocycles. The van der Waals surface area contributed by atoms with Crippen LogP contribution in [0.15, 0.2) is 53.1 Å². The molecule has 2 N–H and O–H groups in total. The number of hydrogen-bond donors (Lipinski definition) is 2. The zero-order valence-electron chi connectivity index (χ0n) is 9.84. The van der Waals surface area contributed by atoms with Gasteiger partial charge >= 0.3 is 0 Å². The third-order valence-corrected chi connectivity index (χ3v) is 2.80. The largest absolute Gasteiger partial charge is 0.467 e. The van der Waals surface area contributed by atoms with Crippen LogP contribution >= 0.6 is 0 Å². The molecule has 1 heterocycles. The summed E-state index contributed by atoms with van der Waals surface area (Å²) in [5.74, 6) is 0.928. The summed E-state index contributed by atoms with van der Waals surface area (Å²) in [6, 6.07) is 13.7. The van der Waals surface area contributed by atoms with Gasteiger partial charge in [-0.1, -0.05) is 25.1 Å². The highest BCUT2D eigenvalue weighted by Crippen LogP contribution is 2.26. The van der Waals surface area contributed by atoms with Crippen molar-refractivity contribution in [3.63, 3.8) is 0 Å². The lowest BCUT2D eigenvalue weighted by Gasteiger charge is -2.22. The summed E-state index contributed by atoms with van der Waals surface area (Å²) in [5, 5.41) is 12.7. The Balaban J connectivity index is 2.17. The fourth-order valence-corrected chi connectivity index (χ4v) is 1.78. The van der Waals surface area contributed by atoms with Crippen molar-refractivity contribution in [3.8, 4) is 0 Å². The molecule has 90 valence electrons. The summed E-state index contributed by atoms with van der Waals surface area (Å²) in [6.45, 7) is 2.11. The molecule has 0 aliphatic heterocycles. The molecule has 3 nitrogen and oxygen atoms in total. The molecule has 0 fully saturated rings. The van der Waals surface area contributed by atoms with E-state index in [0.717, 1.165) is 11.4 Å². The van der Waals surface area contributed by atoms with Crippen molar-refractivity contribution in [2.45, 2.75) is 13.0 Å². The zero-order valence-corrected chi connectivity index (χ0v) is 9.84. The van der Waals surface area contributed by atoms with E-state index in [1.54, 1.807) is 6.26 Å². The first-order chi connectivity index (χ1) is 8.31. The second kappa shape index (κ2) is 5.55. The minimum absolute atomic E-state index is 0.0163. The highest BCUT2D eigenvalue weighted by molar-refractivity contribution is 5.44. The minimum atomic E-state index is -0.0163. The maximum Gasteiger partial charge on any atom is 0.126 e. The zero-order chi connectivity index (χ0) is 12.1. The van der Waals surface area contributed by atoms with E-state index in [4.69, 9.17) is 4.42 Å². The Morgan fingerprint density at radius 1 is 1.18 bits per heavy atom. The topological polar surface area (TPSA) is 45.4 Å². The van der Waals surface area contributed by atoms with Crippen LogP contribution in [0.5, 0.6) is 0 Å². The van der Waals surface area contributed by atoms with Gasteiger partial charge in [-0.25, -0.2) is 0 Å². The first-order valence-corrected chi connectivity index (χ1v) is 5.77. The molecule has 0 saturated carbocycles. The van der Waals surface area contributed by atoms with Crippen LogP contribution in [0.1, 0.15) is 18.7 Å². The molecule has 2 atom stereocenters. The lowest BCUT2D eigenvalue weighted by atomic mass is 10.00. The summed E-state index contributed by atoms with van der Waals surface area (Å²) in [4.78, 5) is 0. The normalized spacial score (nSPS) is 14.2. The van der Waals surface area contributed by atoms with Crippen LogP contribution in [0.3, 0.4) is 0 Å². The predicted molar refractivity (Wildman–Crippen MR) is 67.8 cm³/mol. The highest BCUT2D eigenvalue weighted by atomic mass is 16.3. The number of hydrogen-bond acceptors (Lipinski definition) is 3. The van der Waals surface area contributed by atoms with E-state index in [9.17, 15) is 5.11 Å². The standard InChI is InChI=1S/C14H17NO2/c1-11(10-16)14(13-8-5-9-17-13)15-12-6-3-2-4-7-12/h2-9,11,14-16H,10H2,1H3. The Kier molecular flexibility index (Phi) is 3.83. The molecule has 1 aromatic heterocycles. The minimum Gasteiger partial charge on any atom is -0.467 e. The molecule has 3 heteroatoms. The fourth-order valence-electron chi connectivity index (χ4n) is 1.78. The van der Waals surface area contributed by atoms with E-state index in [2.05, 4.69) is 5.32 Å². The average Bonchev–Trinajstić information content (AvgIpc) is 2.90. The quantitative estimate of drug-likeness (QED) is 0.831. The van der Waals surface area contributed by atoms with Gasteiger partial charge in [0.25, 0.3) is 0 Å². The second-order valence-corrected chi connectivity index (χ2v) is 4.16. The van der Waals surface area contributed by atoms with Gasteiger partial charge in [-0.3, -0.25) is 0 Å². The number of furan rings is 1. The van der Waals surface area contributed by atoms with Crippen molar-refractivity contribution in [1.82, 2.24) is 0 Å². The Labute approximate surface area is 101 Å². The van der Waals surface area contributed by atoms with Crippen LogP contribution in [0.4, 0.5) is 5.69 Å². The number of para-hydroxylation sites is 1. The molecule has 0 bridgehead atoms. The first-order valence-electron chi connectivity index (χ1n) is 5.77. The Morgan fingerprint density at radius 2 is 1.94 bits per heavy atom. The summed E-state index contributed by atoms with van der Waals surface area (Å²) >= 11 is 0. The Bertz CT molecular complexity index is 425. The molecule has 1 aromatic carbocycles. The van der Waals surface area contributed by atoms with Crippen molar-refractivity contribution in [2.75, 3.05) is 11.9 Å². The monoisotopic (exact) mass is 231 g/mol. The summed E-state index contributed by atoms with van der Waals surface area (Å²) in [7, 11) is 0. The molecule has 0 aliphatic rings. The summed E-state index contributed by atoms with van der Waals surface area (Å²) < 4.78 is 5.42. The lowest BCUT2D eigenvalue weighted by molar-refractivity contribution is 0.214. The number of aliphatic hydroxyl groups is 1. The molecule has 0 aliphatic carbocycles. The predicted octanol–water partition coefficient (Wildman–Crippen LogP) is 3.06. The van der Waals surface area contributed by atoms with Gasteiger partial charge in [0, 0.05) is 18.2 Å². The van der Waals surface area contributed by atoms with E-state index < -0.39 is 0 Å². The SMILES string of the molecule is CC(CO)C(Nc1ccccc1)c1ccco1. The van der Waals surface area contributed by atoms with Crippen LogP contribution in [0, 0.1) is 5.92 Å². The van der Waals surface area contributed by atoms with Crippen LogP contribution in [-0.4, -0.2) is 11.7 Å². The van der Waals surface area contributed by atoms with Gasteiger partial charge in [-0.05, 0) is 24.3 Å². The van der Waals surface area contributed by atoms with E-state index >= 15 is 0 Å². The van der Waals surface area contributed by atoms with Gasteiger partial charge in [0.2, 0.25) is 0 Å². The van der Waals surface area contributed by atoms with E-state index in [-0.39, 0.29) is 18.6 Å². The molecule has 2 rings (SSSR count). The van der Waals surface area contributed by atoms with Crippen molar-refractivity contribution >= 4 is 5.69 Å². The number of nitrogens with one attached hydrogen (secondary N) is 1. The van der Waals surface area contributed by atoms with E-state index in [0.29, 0.717) is 0 Å². The Hall–Kier alpha value is -1.74. The number of benzene rings is 1. The maximum atomic E-state index is 9.30. The van der Waals surface area contributed by atoms with Gasteiger partial charge < -0.3 is 14.8 Å². The van der Waals surface area contributed by atoms with Crippen LogP contribution in [-0.2, 0) is 0 Å². The van der Waals surface area contributed by atoms with Crippen molar-refractivity contribution in [2.24, 2.45) is 5.92 Å². The molecule has 0 radical (unpaired) electrons. The maximum absolute atomic E-state index is 9.30. The third-order valence-electron chi connectivity index (χ3n) is 2.80. The highest BCUT2D eigenvalue weighted by Gasteiger charge is 2.20. The number of rotatable bonds is 5. The smallest absolute Gasteiger partial charge is 0.126 e. The van der Waals surface area contributed by atoms with E-state index in [1.165, 1.54) is 0 Å². The molecule has 0 spiro atoms. The van der Waals surface area contributed by atoms with Crippen LogP contribution in [0.25, 0.3) is 0 Å². The molecular formula is C14H17NO2. The van der Waals surface area contributed by atoms with Crippen molar-refractivity contribution in [1.29, 1.82) is 0 Å². The third kappa shape index (κ3) is 2.88. The van der Waals surface area contributed by atoms with Crippen molar-refractivity contribution < 1.29 is 9.52 Å². The molecule has 2 aromatic rings. The van der Waals surface area contributed by atoms with E-state index in [1.807, 2.05) is 49.4 Å². The number of aliphatic hydroxyl groups excluding tert-OH is 1. The molecule has 17 heavy (non-hydrogen) atoms. The van der Waals surface area contributed by atoms with Gasteiger partial charge in [0.05, 0.1) is 12.3 Å². The molecule has 2 unspecified atom stereocenters. The first kappa shape index (κ1) is 11.7. The fraction of sp³-hybridized carbons (Fsp3) is 0.286. The van der Waals surface area contributed by atoms with Crippen LogP contribution in [0.2, 0.25) is 0 Å². The average molecular weight is 231 g/mol. The van der Waals surface area contributed by atoms with Crippen molar-refractivity contribution in [3.05, 3.63) is 54.5 Å². The lowest BCUT2D eigenvalue weighted by Crippen LogP contribution is -2.21. The van der Waals surface area contributed by atoms with Gasteiger partial charge in [-0.15, -0.1) is 0 Å². The van der Waals surface area contributed by atoms with Gasteiger partial charge in [-0.2, -0.15) is 0 Å².